The van der Waals surface area contributed by atoms with Crippen molar-refractivity contribution in [2.45, 2.75) is 32.6 Å². The van der Waals surface area contributed by atoms with Crippen LogP contribution in [0.25, 0.3) is 0 Å². The van der Waals surface area contributed by atoms with Crippen molar-refractivity contribution in [3.63, 3.8) is 0 Å². The quantitative estimate of drug-likeness (QED) is 0.659. The van der Waals surface area contributed by atoms with Crippen molar-refractivity contribution >= 4 is 0 Å². The first-order valence-electron chi connectivity index (χ1n) is 5.78. The van der Waals surface area contributed by atoms with Crippen LogP contribution < -0.4 is 0 Å². The van der Waals surface area contributed by atoms with E-state index < -0.39 is 17.8 Å². The van der Waals surface area contributed by atoms with Crippen LogP contribution in [0.5, 0.6) is 0 Å². The summed E-state index contributed by atoms with van der Waals surface area (Å²) in [6.07, 6.45) is 8.82. The van der Waals surface area contributed by atoms with E-state index >= 15 is 0 Å². The molecule has 0 saturated heterocycles. The van der Waals surface area contributed by atoms with Gasteiger partial charge in [-0.05, 0) is 0 Å². The average Bonchev–Trinajstić information content (AvgIpc) is 2.79. The third-order valence-corrected chi connectivity index (χ3v) is 7.50. The van der Waals surface area contributed by atoms with Crippen LogP contribution in [0.3, 0.4) is 0 Å². The Bertz CT molecular complexity index is 272. The van der Waals surface area contributed by atoms with E-state index in [0.29, 0.717) is 0 Å². The van der Waals surface area contributed by atoms with E-state index in [1.165, 1.54) is 22.3 Å². The van der Waals surface area contributed by atoms with Crippen LogP contribution >= 0.6 is 0 Å². The number of hydrogen-bond acceptors (Lipinski definition) is 3. The van der Waals surface area contributed by atoms with Gasteiger partial charge >= 0.3 is 103 Å². The maximum atomic E-state index is 5.58. The summed E-state index contributed by atoms with van der Waals surface area (Å²) >= 11 is -3.13. The van der Waals surface area contributed by atoms with Crippen LogP contribution in [0, 0.1) is 0 Å². The summed E-state index contributed by atoms with van der Waals surface area (Å²) in [6, 6.07) is 0. The Morgan fingerprint density at radius 3 is 2.31 bits per heavy atom. The molecule has 4 heteroatoms. The minimum absolute atomic E-state index is 0.925. The fraction of sp³-hybridized carbons (Fsp3) is 0.667. The number of hydrogen-bond donors (Lipinski definition) is 0. The van der Waals surface area contributed by atoms with Crippen molar-refractivity contribution in [2.24, 2.45) is 0 Å². The second kappa shape index (κ2) is 6.72. The van der Waals surface area contributed by atoms with Gasteiger partial charge in [-0.15, -0.1) is 0 Å². The molecule has 0 aliphatic heterocycles. The summed E-state index contributed by atoms with van der Waals surface area (Å²) in [6.45, 7) is 2.20. The van der Waals surface area contributed by atoms with Gasteiger partial charge in [0.05, 0.1) is 0 Å². The molecule has 0 atom stereocenters. The molecule has 92 valence electrons. The zero-order chi connectivity index (χ0) is 12.0. The number of unbranched alkanes of at least 4 members (excludes halogenated alkanes) is 1. The average molecular weight is 262 g/mol. The zero-order valence-corrected chi connectivity index (χ0v) is 12.3. The molecule has 0 spiro atoms. The van der Waals surface area contributed by atoms with E-state index in [-0.39, 0.29) is 0 Å². The van der Waals surface area contributed by atoms with Crippen LogP contribution in [0.4, 0.5) is 0 Å². The summed E-state index contributed by atoms with van der Waals surface area (Å²) in [5.41, 5.74) is 1.37. The van der Waals surface area contributed by atoms with E-state index in [9.17, 15) is 0 Å². The van der Waals surface area contributed by atoms with Gasteiger partial charge in [-0.3, -0.25) is 0 Å². The Hall–Kier alpha value is 0.0743. The molecular weight excluding hydrogens is 240 g/mol. The maximum absolute atomic E-state index is 5.58. The molecule has 0 unspecified atom stereocenters. The summed E-state index contributed by atoms with van der Waals surface area (Å²) in [5, 5.41) is 0. The van der Waals surface area contributed by atoms with E-state index in [2.05, 4.69) is 19.1 Å². The fourth-order valence-electron chi connectivity index (χ4n) is 2.09. The fourth-order valence-corrected chi connectivity index (χ4v) is 5.54. The topological polar surface area (TPSA) is 27.7 Å². The second-order valence-electron chi connectivity index (χ2n) is 3.88. The molecule has 0 saturated carbocycles. The van der Waals surface area contributed by atoms with Crippen molar-refractivity contribution in [3.05, 3.63) is 21.6 Å². The molecule has 1 aliphatic carbocycles. The molecule has 3 nitrogen and oxygen atoms in total. The van der Waals surface area contributed by atoms with E-state index in [1.54, 1.807) is 21.3 Å². The van der Waals surface area contributed by atoms with Crippen LogP contribution in [-0.4, -0.2) is 21.3 Å². The Morgan fingerprint density at radius 2 is 1.81 bits per heavy atom. The van der Waals surface area contributed by atoms with Crippen molar-refractivity contribution in [2.75, 3.05) is 21.3 Å². The molecule has 0 aromatic heterocycles. The van der Waals surface area contributed by atoms with E-state index in [0.717, 1.165) is 12.8 Å². The van der Waals surface area contributed by atoms with Gasteiger partial charge < -0.3 is 0 Å². The third-order valence-electron chi connectivity index (χ3n) is 3.00. The molecular formula is C12H22O3Ti. The Labute approximate surface area is 103 Å². The Kier molecular flexibility index (Phi) is 5.94. The second-order valence-corrected chi connectivity index (χ2v) is 8.47. The van der Waals surface area contributed by atoms with Gasteiger partial charge in [0.1, 0.15) is 0 Å². The van der Waals surface area contributed by atoms with Crippen LogP contribution in [0.15, 0.2) is 21.6 Å². The van der Waals surface area contributed by atoms with Gasteiger partial charge in [-0.2, -0.15) is 0 Å². The molecule has 0 bridgehead atoms. The van der Waals surface area contributed by atoms with Crippen molar-refractivity contribution in [1.82, 2.24) is 0 Å². The molecule has 0 aromatic carbocycles. The Balaban J connectivity index is 2.90. The van der Waals surface area contributed by atoms with Gasteiger partial charge in [-0.25, -0.2) is 0 Å². The van der Waals surface area contributed by atoms with Crippen LogP contribution in [0.1, 0.15) is 32.6 Å². The first-order chi connectivity index (χ1) is 7.74. The number of rotatable bonds is 7. The first-order valence-corrected chi connectivity index (χ1v) is 8.47. The number of allylic oxidation sites excluding steroid dienone is 4. The van der Waals surface area contributed by atoms with Crippen molar-refractivity contribution in [1.29, 1.82) is 0 Å². The third kappa shape index (κ3) is 2.85. The SMILES string of the molecule is CCCCC1=[C]([Ti]([O]C)([O]C)[O]C)CC=C1. The Morgan fingerprint density at radius 1 is 1.19 bits per heavy atom. The summed E-state index contributed by atoms with van der Waals surface area (Å²) in [7, 11) is 5.07. The monoisotopic (exact) mass is 262 g/mol. The molecule has 0 radical (unpaired) electrons. The standard InChI is InChI=1S/C9H13.3CH3O.Ti/c1-2-3-6-9-7-4-5-8-9;3*1-2;/h4,7H,2-3,5-6H2,1H3;3*1H3;/q;3*-1;+3. The zero-order valence-electron chi connectivity index (χ0n) is 10.7. The molecule has 0 heterocycles. The van der Waals surface area contributed by atoms with Gasteiger partial charge in [0, 0.05) is 0 Å². The van der Waals surface area contributed by atoms with Crippen LogP contribution in [-0.2, 0) is 27.7 Å². The molecule has 0 N–H and O–H groups in total. The van der Waals surface area contributed by atoms with E-state index in [4.69, 9.17) is 9.96 Å². The summed E-state index contributed by atoms with van der Waals surface area (Å²) < 4.78 is 18.0. The van der Waals surface area contributed by atoms with E-state index in [1.807, 2.05) is 0 Å². The molecule has 16 heavy (non-hydrogen) atoms. The normalized spacial score (nSPS) is 16.2. The van der Waals surface area contributed by atoms with Gasteiger partial charge in [-0.1, -0.05) is 0 Å². The predicted octanol–water partition coefficient (Wildman–Crippen LogP) is 3.23. The van der Waals surface area contributed by atoms with Gasteiger partial charge in [0.25, 0.3) is 0 Å². The van der Waals surface area contributed by atoms with Crippen LogP contribution in [0.2, 0.25) is 0 Å². The molecule has 0 fully saturated rings. The van der Waals surface area contributed by atoms with Gasteiger partial charge in [0.15, 0.2) is 0 Å². The predicted molar refractivity (Wildman–Crippen MR) is 61.3 cm³/mol. The van der Waals surface area contributed by atoms with Crippen molar-refractivity contribution < 1.29 is 27.7 Å². The minimum atomic E-state index is -3.13. The molecule has 0 aromatic rings. The summed E-state index contributed by atoms with van der Waals surface area (Å²) in [5.74, 6) is 0. The molecule has 1 rings (SSSR count). The first kappa shape index (κ1) is 14.1. The van der Waals surface area contributed by atoms with Crippen molar-refractivity contribution in [3.8, 4) is 0 Å². The molecule has 0 amide bonds. The summed E-state index contributed by atoms with van der Waals surface area (Å²) in [4.78, 5) is 0. The molecule has 1 aliphatic rings. The van der Waals surface area contributed by atoms with Gasteiger partial charge in [0.2, 0.25) is 0 Å².